The molecule has 53 heavy (non-hydrogen) atoms. The van der Waals surface area contributed by atoms with Crippen LogP contribution in [0.1, 0.15) is 84.3 Å². The number of nitrogens with one attached hydrogen (secondary N) is 3. The summed E-state index contributed by atoms with van der Waals surface area (Å²) < 4.78 is 15.7. The van der Waals surface area contributed by atoms with Gasteiger partial charge in [-0.15, -0.1) is 0 Å². The van der Waals surface area contributed by atoms with Crippen LogP contribution in [0.25, 0.3) is 0 Å². The second-order valence-electron chi connectivity index (χ2n) is 14.8. The summed E-state index contributed by atoms with van der Waals surface area (Å²) in [4.78, 5) is 67.0. The molecule has 1 fully saturated rings. The minimum atomic E-state index is -0.911. The maximum Gasteiger partial charge on any atom is 0.408 e. The fourth-order valence-electron chi connectivity index (χ4n) is 6.14. The zero-order valence-electron chi connectivity index (χ0n) is 32.1. The summed E-state index contributed by atoms with van der Waals surface area (Å²) in [5.74, 6) is -1.55. The molecule has 2 aromatic rings. The molecule has 0 aromatic heterocycles. The monoisotopic (exact) mass is 734 g/mol. The number of ether oxygens (including phenoxy) is 3. The van der Waals surface area contributed by atoms with Gasteiger partial charge in [0.1, 0.15) is 24.3 Å². The van der Waals surface area contributed by atoms with Gasteiger partial charge in [0, 0.05) is 13.1 Å². The van der Waals surface area contributed by atoms with Crippen LogP contribution in [-0.2, 0) is 41.6 Å². The Morgan fingerprint density at radius 2 is 1.55 bits per heavy atom. The zero-order valence-corrected chi connectivity index (χ0v) is 32.1. The van der Waals surface area contributed by atoms with Crippen LogP contribution in [0.15, 0.2) is 72.8 Å². The maximum atomic E-state index is 14.3. The fourth-order valence-corrected chi connectivity index (χ4v) is 6.14. The van der Waals surface area contributed by atoms with Gasteiger partial charge >= 0.3 is 18.2 Å². The number of carbonyl (C=O) groups excluding carboxylic acids is 5. The molecule has 1 saturated heterocycles. The van der Waals surface area contributed by atoms with Crippen molar-refractivity contribution in [2.75, 3.05) is 20.2 Å². The third-order valence-corrected chi connectivity index (χ3v) is 8.66. The molecule has 4 amide bonds. The molecule has 290 valence electrons. The van der Waals surface area contributed by atoms with Crippen molar-refractivity contribution in [3.63, 3.8) is 0 Å². The lowest BCUT2D eigenvalue weighted by Gasteiger charge is -2.29. The Balaban J connectivity index is 1.64. The van der Waals surface area contributed by atoms with Crippen LogP contribution >= 0.6 is 0 Å². The molecule has 2 aromatic carbocycles. The number of carbonyl (C=O) groups is 5. The van der Waals surface area contributed by atoms with Gasteiger partial charge < -0.3 is 35.1 Å². The number of nitrogens with zero attached hydrogens (tertiary/aromatic N) is 1. The molecular weight excluding hydrogens is 676 g/mol. The molecule has 0 spiro atoms. The standard InChI is InChI=1S/C41H58N4O8/c1-29(2)26-33(43-40(50)53-41(3,4)5)23-22-32(27-30-16-9-7-10-17-30)37(47)45-25-15-21-35(45)36(46)44-34(38(48)51-6)20-13-14-24-42-39(49)52-28-31-18-11-8-12-19-31/h7-12,16-19,22-23,29,32-35H,13-15,20-21,24-28H2,1-6H3,(H,42,49)(H,43,50)(H,44,46)/b23-22+/t32-,33-,34?,35+/m1/s1. The highest BCUT2D eigenvalue weighted by molar-refractivity contribution is 5.92. The molecule has 3 N–H and O–H groups in total. The summed E-state index contributed by atoms with van der Waals surface area (Å²) in [6.45, 7) is 10.4. The van der Waals surface area contributed by atoms with Crippen molar-refractivity contribution in [2.24, 2.45) is 11.8 Å². The van der Waals surface area contributed by atoms with Gasteiger partial charge in [0.15, 0.2) is 0 Å². The van der Waals surface area contributed by atoms with Gasteiger partial charge in [0.05, 0.1) is 19.1 Å². The number of methoxy groups -OCH3 is 1. The Labute approximate surface area is 314 Å². The number of amides is 4. The third kappa shape index (κ3) is 15.7. The molecule has 0 radical (unpaired) electrons. The lowest BCUT2D eigenvalue weighted by molar-refractivity contribution is -0.146. The topological polar surface area (TPSA) is 152 Å². The Morgan fingerprint density at radius 3 is 2.17 bits per heavy atom. The Kier molecular flexibility index (Phi) is 17.3. The van der Waals surface area contributed by atoms with Crippen LogP contribution in [-0.4, -0.2) is 78.8 Å². The van der Waals surface area contributed by atoms with Crippen LogP contribution in [0.3, 0.4) is 0 Å². The highest BCUT2D eigenvalue weighted by Crippen LogP contribution is 2.24. The molecule has 4 atom stereocenters. The second-order valence-corrected chi connectivity index (χ2v) is 14.8. The molecular formula is C41H58N4O8. The van der Waals surface area contributed by atoms with Crippen LogP contribution in [0, 0.1) is 11.8 Å². The molecule has 0 bridgehead atoms. The summed E-state index contributed by atoms with van der Waals surface area (Å²) in [6.07, 6.45) is 6.11. The number of hydrogen-bond donors (Lipinski definition) is 3. The minimum absolute atomic E-state index is 0.164. The average Bonchev–Trinajstić information content (AvgIpc) is 3.61. The summed E-state index contributed by atoms with van der Waals surface area (Å²) >= 11 is 0. The molecule has 1 aliphatic heterocycles. The van der Waals surface area contributed by atoms with Gasteiger partial charge in [-0.25, -0.2) is 14.4 Å². The molecule has 3 rings (SSSR count). The summed E-state index contributed by atoms with van der Waals surface area (Å²) in [6, 6.07) is 17.0. The lowest BCUT2D eigenvalue weighted by atomic mass is 9.95. The first-order chi connectivity index (χ1) is 25.3. The van der Waals surface area contributed by atoms with Crippen LogP contribution in [0.2, 0.25) is 0 Å². The van der Waals surface area contributed by atoms with Crippen LogP contribution in [0.5, 0.6) is 0 Å². The SMILES string of the molecule is COC(=O)C(CCCCNC(=O)OCc1ccccc1)NC(=O)[C@@H]1CCCN1C(=O)[C@H](/C=C/[C@H](CC(C)C)NC(=O)OC(C)(C)C)Cc1ccccc1. The van der Waals surface area contributed by atoms with Crippen molar-refractivity contribution in [3.05, 3.63) is 83.9 Å². The number of likely N-dealkylation sites (tertiary alicyclic amines) is 1. The van der Waals surface area contributed by atoms with E-state index in [9.17, 15) is 24.0 Å². The normalized spacial score (nSPS) is 16.1. The fraction of sp³-hybridized carbons (Fsp3) is 0.537. The summed E-state index contributed by atoms with van der Waals surface area (Å²) in [5, 5.41) is 8.47. The predicted molar refractivity (Wildman–Crippen MR) is 203 cm³/mol. The summed E-state index contributed by atoms with van der Waals surface area (Å²) in [7, 11) is 1.27. The van der Waals surface area contributed by atoms with Crippen molar-refractivity contribution < 1.29 is 38.2 Å². The van der Waals surface area contributed by atoms with Gasteiger partial charge in [-0.1, -0.05) is 86.7 Å². The van der Waals surface area contributed by atoms with Crippen molar-refractivity contribution in [1.82, 2.24) is 20.9 Å². The van der Waals surface area contributed by atoms with E-state index >= 15 is 0 Å². The largest absolute Gasteiger partial charge is 0.467 e. The zero-order chi connectivity index (χ0) is 38.8. The number of alkyl carbamates (subject to hydrolysis) is 2. The number of hydrogen-bond acceptors (Lipinski definition) is 8. The van der Waals surface area contributed by atoms with Gasteiger partial charge in [-0.05, 0) is 82.8 Å². The van der Waals surface area contributed by atoms with Crippen molar-refractivity contribution in [1.29, 1.82) is 0 Å². The minimum Gasteiger partial charge on any atom is -0.467 e. The first-order valence-electron chi connectivity index (χ1n) is 18.6. The van der Waals surface area contributed by atoms with E-state index in [1.165, 1.54) is 7.11 Å². The average molecular weight is 735 g/mol. The van der Waals surface area contributed by atoms with E-state index in [2.05, 4.69) is 29.8 Å². The number of esters is 1. The van der Waals surface area contributed by atoms with Crippen molar-refractivity contribution >= 4 is 30.0 Å². The van der Waals surface area contributed by atoms with E-state index < -0.39 is 47.7 Å². The summed E-state index contributed by atoms with van der Waals surface area (Å²) in [5.41, 5.74) is 1.18. The maximum absolute atomic E-state index is 14.3. The first-order valence-corrected chi connectivity index (χ1v) is 18.6. The molecule has 1 aliphatic rings. The van der Waals surface area contributed by atoms with Crippen LogP contribution < -0.4 is 16.0 Å². The van der Waals surface area contributed by atoms with Crippen LogP contribution in [0.4, 0.5) is 9.59 Å². The Morgan fingerprint density at radius 1 is 0.887 bits per heavy atom. The molecule has 1 heterocycles. The van der Waals surface area contributed by atoms with Gasteiger partial charge in [0.25, 0.3) is 0 Å². The molecule has 0 aliphatic carbocycles. The molecule has 12 heteroatoms. The van der Waals surface area contributed by atoms with E-state index in [0.29, 0.717) is 58.0 Å². The molecule has 1 unspecified atom stereocenters. The highest BCUT2D eigenvalue weighted by atomic mass is 16.6. The smallest absolute Gasteiger partial charge is 0.408 e. The highest BCUT2D eigenvalue weighted by Gasteiger charge is 2.38. The van der Waals surface area contributed by atoms with Crippen molar-refractivity contribution in [2.45, 2.75) is 110 Å². The van der Waals surface area contributed by atoms with Gasteiger partial charge in [-0.2, -0.15) is 0 Å². The van der Waals surface area contributed by atoms with Crippen molar-refractivity contribution in [3.8, 4) is 0 Å². The third-order valence-electron chi connectivity index (χ3n) is 8.66. The van der Waals surface area contributed by atoms with Gasteiger partial charge in [-0.3, -0.25) is 9.59 Å². The number of unbranched alkanes of at least 4 members (excludes halogenated alkanes) is 1. The second kappa shape index (κ2) is 21.6. The van der Waals surface area contributed by atoms with E-state index in [-0.39, 0.29) is 24.5 Å². The van der Waals surface area contributed by atoms with E-state index in [1.807, 2.05) is 72.8 Å². The lowest BCUT2D eigenvalue weighted by Crippen LogP contribution is -2.52. The van der Waals surface area contributed by atoms with E-state index in [1.54, 1.807) is 25.7 Å². The predicted octanol–water partition coefficient (Wildman–Crippen LogP) is 6.09. The quantitative estimate of drug-likeness (QED) is 0.0721. The van der Waals surface area contributed by atoms with E-state index in [4.69, 9.17) is 14.2 Å². The first kappa shape index (κ1) is 42.5. The van der Waals surface area contributed by atoms with Gasteiger partial charge in [0.2, 0.25) is 11.8 Å². The Hall–Kier alpha value is -4.87. The molecule has 12 nitrogen and oxygen atoms in total. The number of rotatable bonds is 18. The Bertz CT molecular complexity index is 1490. The van der Waals surface area contributed by atoms with E-state index in [0.717, 1.165) is 11.1 Å². The number of benzene rings is 2. The molecule has 0 saturated carbocycles.